The Bertz CT molecular complexity index is 644. The molecule has 7 nitrogen and oxygen atoms in total. The van der Waals surface area contributed by atoms with Gasteiger partial charge in [0.1, 0.15) is 12.2 Å². The molecule has 2 saturated heterocycles. The number of nitrogens with one attached hydrogen (secondary N) is 1. The molecule has 1 aromatic rings. The summed E-state index contributed by atoms with van der Waals surface area (Å²) < 4.78 is 16.6. The van der Waals surface area contributed by atoms with Gasteiger partial charge in [-0.1, -0.05) is 30.3 Å². The molecule has 0 aromatic heterocycles. The summed E-state index contributed by atoms with van der Waals surface area (Å²) >= 11 is 0. The number of hydrogen-bond donors (Lipinski definition) is 1. The van der Waals surface area contributed by atoms with Crippen molar-refractivity contribution in [2.75, 3.05) is 19.6 Å². The second kappa shape index (κ2) is 8.17. The Hall–Kier alpha value is -2.28. The van der Waals surface area contributed by atoms with Crippen LogP contribution in [0.4, 0.5) is 9.59 Å². The van der Waals surface area contributed by atoms with Crippen LogP contribution >= 0.6 is 0 Å². The van der Waals surface area contributed by atoms with Gasteiger partial charge < -0.3 is 24.4 Å². The highest BCUT2D eigenvalue weighted by molar-refractivity contribution is 5.68. The number of fused-ring (bicyclic) bond motifs is 1. The first kappa shape index (κ1) is 19.5. The lowest BCUT2D eigenvalue weighted by atomic mass is 10.0. The van der Waals surface area contributed by atoms with E-state index < -0.39 is 11.7 Å². The standard InChI is InChI=1S/C20H28N2O5/c1-20(2,3)27-19(24)22-11-15-9-16(26-17(15)12-22)10-21-18(23)25-13-14-7-5-4-6-8-14/h4-8,15-17H,9-13H2,1-3H3,(H,21,23)/t15-,16?,17-/m0/s1. The van der Waals surface area contributed by atoms with E-state index in [1.807, 2.05) is 51.1 Å². The first-order chi connectivity index (χ1) is 12.8. The third-order valence-corrected chi connectivity index (χ3v) is 4.65. The van der Waals surface area contributed by atoms with Gasteiger partial charge in [0, 0.05) is 19.0 Å². The molecule has 2 heterocycles. The van der Waals surface area contributed by atoms with E-state index >= 15 is 0 Å². The van der Waals surface area contributed by atoms with E-state index in [-0.39, 0.29) is 30.8 Å². The lowest BCUT2D eigenvalue weighted by molar-refractivity contribution is 0.0135. The summed E-state index contributed by atoms with van der Waals surface area (Å²) in [7, 11) is 0. The maximum Gasteiger partial charge on any atom is 0.410 e. The van der Waals surface area contributed by atoms with Crippen LogP contribution in [0.3, 0.4) is 0 Å². The SMILES string of the molecule is CC(C)(C)OC(=O)N1C[C@@H]2CC(CNC(=O)OCc3ccccc3)O[C@H]2C1. The van der Waals surface area contributed by atoms with Crippen molar-refractivity contribution in [3.8, 4) is 0 Å². The number of rotatable bonds is 4. The molecule has 0 spiro atoms. The monoisotopic (exact) mass is 376 g/mol. The fourth-order valence-electron chi connectivity index (χ4n) is 3.44. The van der Waals surface area contributed by atoms with Crippen molar-refractivity contribution >= 4 is 12.2 Å². The third-order valence-electron chi connectivity index (χ3n) is 4.65. The number of carbonyl (C=O) groups excluding carboxylic acids is 2. The molecule has 2 fully saturated rings. The molecule has 0 saturated carbocycles. The number of ether oxygens (including phenoxy) is 3. The van der Waals surface area contributed by atoms with Gasteiger partial charge in [0.05, 0.1) is 18.8 Å². The van der Waals surface area contributed by atoms with Crippen LogP contribution in [0, 0.1) is 5.92 Å². The normalized spacial score (nSPS) is 24.4. The van der Waals surface area contributed by atoms with Crippen molar-refractivity contribution < 1.29 is 23.8 Å². The molecule has 1 N–H and O–H groups in total. The number of likely N-dealkylation sites (tertiary alicyclic amines) is 1. The maximum absolute atomic E-state index is 12.2. The number of amides is 2. The van der Waals surface area contributed by atoms with E-state index in [4.69, 9.17) is 14.2 Å². The van der Waals surface area contributed by atoms with Crippen molar-refractivity contribution in [1.82, 2.24) is 10.2 Å². The predicted octanol–water partition coefficient (Wildman–Crippen LogP) is 2.94. The molecule has 3 atom stereocenters. The lowest BCUT2D eigenvalue weighted by Crippen LogP contribution is -2.38. The first-order valence-electron chi connectivity index (χ1n) is 9.38. The van der Waals surface area contributed by atoms with E-state index in [1.54, 1.807) is 4.90 Å². The third kappa shape index (κ3) is 5.60. The summed E-state index contributed by atoms with van der Waals surface area (Å²) in [4.78, 5) is 25.7. The van der Waals surface area contributed by atoms with Crippen molar-refractivity contribution in [2.24, 2.45) is 5.92 Å². The molecule has 0 aliphatic carbocycles. The van der Waals surface area contributed by atoms with Crippen LogP contribution in [-0.4, -0.2) is 54.5 Å². The molecule has 2 aliphatic heterocycles. The minimum Gasteiger partial charge on any atom is -0.445 e. The molecule has 0 bridgehead atoms. The molecule has 2 aliphatic rings. The molecule has 3 rings (SSSR count). The predicted molar refractivity (Wildman–Crippen MR) is 99.2 cm³/mol. The van der Waals surface area contributed by atoms with Gasteiger partial charge in [-0.05, 0) is 32.8 Å². The zero-order chi connectivity index (χ0) is 19.4. The van der Waals surface area contributed by atoms with Crippen LogP contribution in [0.25, 0.3) is 0 Å². The zero-order valence-electron chi connectivity index (χ0n) is 16.1. The largest absolute Gasteiger partial charge is 0.445 e. The van der Waals surface area contributed by atoms with Gasteiger partial charge in [-0.3, -0.25) is 0 Å². The number of carbonyl (C=O) groups is 2. The molecule has 27 heavy (non-hydrogen) atoms. The Kier molecular flexibility index (Phi) is 5.89. The molecule has 148 valence electrons. The van der Waals surface area contributed by atoms with Gasteiger partial charge in [0.2, 0.25) is 0 Å². The Morgan fingerprint density at radius 3 is 2.63 bits per heavy atom. The minimum atomic E-state index is -0.498. The van der Waals surface area contributed by atoms with Crippen LogP contribution in [0.2, 0.25) is 0 Å². The van der Waals surface area contributed by atoms with Crippen molar-refractivity contribution in [3.63, 3.8) is 0 Å². The van der Waals surface area contributed by atoms with Crippen LogP contribution in [0.1, 0.15) is 32.8 Å². The minimum absolute atomic E-state index is 0.00431. The number of hydrogen-bond acceptors (Lipinski definition) is 5. The average molecular weight is 376 g/mol. The van der Waals surface area contributed by atoms with E-state index in [1.165, 1.54) is 0 Å². The number of benzene rings is 1. The van der Waals surface area contributed by atoms with Gasteiger partial charge in [0.15, 0.2) is 0 Å². The summed E-state index contributed by atoms with van der Waals surface area (Å²) in [5, 5.41) is 2.76. The Balaban J connectivity index is 1.36. The fourth-order valence-corrected chi connectivity index (χ4v) is 3.44. The second-order valence-electron chi connectivity index (χ2n) is 8.12. The van der Waals surface area contributed by atoms with Gasteiger partial charge in [-0.25, -0.2) is 9.59 Å². The van der Waals surface area contributed by atoms with Crippen molar-refractivity contribution in [1.29, 1.82) is 0 Å². The number of alkyl carbamates (subject to hydrolysis) is 1. The van der Waals surface area contributed by atoms with E-state index in [0.29, 0.717) is 19.6 Å². The molecular weight excluding hydrogens is 348 g/mol. The topological polar surface area (TPSA) is 77.1 Å². The Morgan fingerprint density at radius 1 is 1.22 bits per heavy atom. The first-order valence-corrected chi connectivity index (χ1v) is 9.38. The van der Waals surface area contributed by atoms with Gasteiger partial charge in [-0.2, -0.15) is 0 Å². The zero-order valence-corrected chi connectivity index (χ0v) is 16.1. The highest BCUT2D eigenvalue weighted by Gasteiger charge is 2.44. The quantitative estimate of drug-likeness (QED) is 0.874. The van der Waals surface area contributed by atoms with Crippen LogP contribution < -0.4 is 5.32 Å². The van der Waals surface area contributed by atoms with E-state index in [0.717, 1.165) is 12.0 Å². The highest BCUT2D eigenvalue weighted by atomic mass is 16.6. The summed E-state index contributed by atoms with van der Waals surface area (Å²) in [6.45, 7) is 7.40. The van der Waals surface area contributed by atoms with Gasteiger partial charge >= 0.3 is 12.2 Å². The average Bonchev–Trinajstić information content (AvgIpc) is 3.16. The summed E-state index contributed by atoms with van der Waals surface area (Å²) in [5.74, 6) is 0.282. The molecule has 1 aromatic carbocycles. The van der Waals surface area contributed by atoms with Crippen LogP contribution in [0.15, 0.2) is 30.3 Å². The summed E-state index contributed by atoms with van der Waals surface area (Å²) in [6, 6.07) is 9.54. The van der Waals surface area contributed by atoms with Crippen molar-refractivity contribution in [2.45, 2.75) is 51.6 Å². The van der Waals surface area contributed by atoms with Crippen LogP contribution in [0.5, 0.6) is 0 Å². The second-order valence-corrected chi connectivity index (χ2v) is 8.12. The highest BCUT2D eigenvalue weighted by Crippen LogP contribution is 2.33. The Morgan fingerprint density at radius 2 is 1.96 bits per heavy atom. The molecular formula is C20H28N2O5. The lowest BCUT2D eigenvalue weighted by Gasteiger charge is -2.25. The van der Waals surface area contributed by atoms with Crippen molar-refractivity contribution in [3.05, 3.63) is 35.9 Å². The maximum atomic E-state index is 12.2. The van der Waals surface area contributed by atoms with Gasteiger partial charge in [0.25, 0.3) is 0 Å². The molecule has 1 unspecified atom stereocenters. The molecule has 7 heteroatoms. The number of nitrogens with zero attached hydrogens (tertiary/aromatic N) is 1. The molecule has 2 amide bonds. The van der Waals surface area contributed by atoms with E-state index in [9.17, 15) is 9.59 Å². The van der Waals surface area contributed by atoms with E-state index in [2.05, 4.69) is 5.32 Å². The molecule has 0 radical (unpaired) electrons. The van der Waals surface area contributed by atoms with Gasteiger partial charge in [-0.15, -0.1) is 0 Å². The fraction of sp³-hybridized carbons (Fsp3) is 0.600. The Labute approximate surface area is 160 Å². The summed E-state index contributed by atoms with van der Waals surface area (Å²) in [5.41, 5.74) is 0.448. The van der Waals surface area contributed by atoms with Crippen LogP contribution in [-0.2, 0) is 20.8 Å². The smallest absolute Gasteiger partial charge is 0.410 e. The summed E-state index contributed by atoms with van der Waals surface area (Å²) in [6.07, 6.45) is 0.0208.